The molecule has 0 bridgehead atoms. The fraction of sp³-hybridized carbons (Fsp3) is 0.523. The topological polar surface area (TPSA) is 190 Å². The summed E-state index contributed by atoms with van der Waals surface area (Å²) in [6.45, 7) is 11.2. The van der Waals surface area contributed by atoms with Crippen molar-refractivity contribution in [1.82, 2.24) is 35.7 Å². The highest BCUT2D eigenvalue weighted by molar-refractivity contribution is 6.05. The Morgan fingerprint density at radius 2 is 1.73 bits per heavy atom. The second-order valence-electron chi connectivity index (χ2n) is 17.7. The number of fused-ring (bicyclic) bond motifs is 3. The molecule has 62 heavy (non-hydrogen) atoms. The first kappa shape index (κ1) is 44.4. The van der Waals surface area contributed by atoms with E-state index in [1.54, 1.807) is 23.1 Å². The number of nitrogens with zero attached hydrogens (tertiary/aromatic N) is 3. The summed E-state index contributed by atoms with van der Waals surface area (Å²) in [4.78, 5) is 63.1. The van der Waals surface area contributed by atoms with Crippen LogP contribution in [0.5, 0.6) is 5.75 Å². The first-order valence-corrected chi connectivity index (χ1v) is 21.2. The number of imidazole rings is 1. The third-order valence-electron chi connectivity index (χ3n) is 11.9. The lowest BCUT2D eigenvalue weighted by Gasteiger charge is -2.36. The van der Waals surface area contributed by atoms with Crippen LogP contribution in [0.15, 0.2) is 48.5 Å². The van der Waals surface area contributed by atoms with Gasteiger partial charge in [0, 0.05) is 80.1 Å². The Kier molecular flexibility index (Phi) is 13.2. The van der Waals surface area contributed by atoms with Crippen molar-refractivity contribution in [2.75, 3.05) is 51.3 Å². The molecule has 3 aromatic carbocycles. The normalized spacial score (nSPS) is 19.7. The van der Waals surface area contributed by atoms with Gasteiger partial charge in [0.15, 0.2) is 0 Å². The fourth-order valence-corrected chi connectivity index (χ4v) is 8.87. The molecule has 18 heteroatoms. The molecule has 5 amide bonds. The highest BCUT2D eigenvalue weighted by Gasteiger charge is 2.42. The number of piperidine rings is 1. The average molecular weight is 865 g/mol. The second kappa shape index (κ2) is 18.4. The van der Waals surface area contributed by atoms with Gasteiger partial charge in [-0.2, -0.15) is 0 Å². The van der Waals surface area contributed by atoms with Gasteiger partial charge >= 0.3 is 18.5 Å². The summed E-state index contributed by atoms with van der Waals surface area (Å²) < 4.78 is 51.1. The summed E-state index contributed by atoms with van der Waals surface area (Å²) in [5.41, 5.74) is 1.59. The predicted octanol–water partition coefficient (Wildman–Crippen LogP) is 7.00. The number of rotatable bonds is 11. The zero-order chi connectivity index (χ0) is 44.3. The van der Waals surface area contributed by atoms with Gasteiger partial charge in [-0.05, 0) is 79.2 Å². The molecule has 0 aliphatic carbocycles. The number of halogens is 3. The molecule has 3 fully saturated rings. The minimum atomic E-state index is -5.01. The van der Waals surface area contributed by atoms with E-state index in [0.29, 0.717) is 86.5 Å². The highest BCUT2D eigenvalue weighted by atomic mass is 19.4. The number of amides is 5. The Morgan fingerprint density at radius 3 is 2.42 bits per heavy atom. The van der Waals surface area contributed by atoms with Crippen molar-refractivity contribution in [3.63, 3.8) is 0 Å². The highest BCUT2D eigenvalue weighted by Crippen LogP contribution is 2.40. The van der Waals surface area contributed by atoms with Crippen molar-refractivity contribution >= 4 is 51.4 Å². The van der Waals surface area contributed by atoms with Crippen molar-refractivity contribution in [1.29, 1.82) is 0 Å². The largest absolute Gasteiger partial charge is 0.573 e. The zero-order valence-electron chi connectivity index (χ0n) is 35.4. The van der Waals surface area contributed by atoms with Crippen molar-refractivity contribution in [3.8, 4) is 16.9 Å². The number of ether oxygens (including phenoxy) is 2. The van der Waals surface area contributed by atoms with Gasteiger partial charge in [0.1, 0.15) is 17.6 Å². The van der Waals surface area contributed by atoms with E-state index in [4.69, 9.17) is 9.72 Å². The van der Waals surface area contributed by atoms with E-state index in [9.17, 15) is 37.5 Å². The number of nitrogens with one attached hydrogen (secondary N) is 5. The lowest BCUT2D eigenvalue weighted by molar-refractivity contribution is -0.274. The number of anilines is 1. The van der Waals surface area contributed by atoms with Gasteiger partial charge in [-0.15, -0.1) is 13.2 Å². The quantitative estimate of drug-likeness (QED) is 0.0863. The summed E-state index contributed by atoms with van der Waals surface area (Å²) in [7, 11) is 0. The fourth-order valence-electron chi connectivity index (χ4n) is 8.87. The van der Waals surface area contributed by atoms with Crippen LogP contribution in [0.1, 0.15) is 71.7 Å². The van der Waals surface area contributed by atoms with Gasteiger partial charge in [-0.1, -0.05) is 45.9 Å². The zero-order valence-corrected chi connectivity index (χ0v) is 35.4. The van der Waals surface area contributed by atoms with Gasteiger partial charge in [0.05, 0.1) is 17.1 Å². The molecule has 3 aliphatic rings. The number of aromatic nitrogens is 2. The number of benzene rings is 3. The molecule has 0 saturated carbocycles. The van der Waals surface area contributed by atoms with Crippen LogP contribution in [0.4, 0.5) is 28.4 Å². The van der Waals surface area contributed by atoms with Crippen molar-refractivity contribution < 1.29 is 46.9 Å². The Morgan fingerprint density at radius 1 is 0.984 bits per heavy atom. The lowest BCUT2D eigenvalue weighted by atomic mass is 9.90. The molecule has 4 aromatic rings. The molecule has 3 saturated heterocycles. The number of urea groups is 1. The molecule has 0 unspecified atom stereocenters. The standard InChI is InChI=1S/C44H55F3N8O7/c1-25-21-34(55(24-25)39(56)36(53-42(59)60)26-13-19-61-20-14-26)38-51-33-10-6-28-22-27(5-8-32(28)37(33)52-38)31-9-7-30(23-35(31)62-44(45,46)47)50-41(58)49-16-15-48-29-11-17-54(18-12-29)40(57)43(2,3)4/h5-10,22-23,25-26,29,34,36,48,53H,11-21,24H2,1-4H3,(H,51,52)(H,59,60)(H2,49,50,58)/t25-,34-,36-/m0/s1. The predicted molar refractivity (Wildman–Crippen MR) is 227 cm³/mol. The number of aromatic amines is 1. The van der Waals surface area contributed by atoms with Gasteiger partial charge in [-0.3, -0.25) is 9.59 Å². The van der Waals surface area contributed by atoms with Gasteiger partial charge in [0.25, 0.3) is 0 Å². The second-order valence-corrected chi connectivity index (χ2v) is 17.7. The third kappa shape index (κ3) is 10.5. The Hall–Kier alpha value is -5.62. The molecule has 1 aromatic heterocycles. The van der Waals surface area contributed by atoms with Crippen LogP contribution in [-0.2, 0) is 14.3 Å². The van der Waals surface area contributed by atoms with E-state index >= 15 is 0 Å². The minimum Gasteiger partial charge on any atom is -0.465 e. The number of likely N-dealkylation sites (tertiary alicyclic amines) is 2. The van der Waals surface area contributed by atoms with Gasteiger partial charge in [0.2, 0.25) is 11.8 Å². The summed E-state index contributed by atoms with van der Waals surface area (Å²) in [5.74, 6) is -0.163. The first-order chi connectivity index (χ1) is 29.4. The van der Waals surface area contributed by atoms with E-state index in [1.807, 2.05) is 44.7 Å². The number of alkyl halides is 3. The van der Waals surface area contributed by atoms with Gasteiger partial charge in [-0.25, -0.2) is 14.6 Å². The van der Waals surface area contributed by atoms with E-state index in [1.165, 1.54) is 12.1 Å². The van der Waals surface area contributed by atoms with Crippen LogP contribution in [0, 0.1) is 17.3 Å². The van der Waals surface area contributed by atoms with Crippen molar-refractivity contribution in [2.45, 2.75) is 84.3 Å². The molecular formula is C44H55F3N8O7. The molecule has 3 aliphatic heterocycles. The molecule has 3 atom stereocenters. The molecule has 0 radical (unpaired) electrons. The maximum Gasteiger partial charge on any atom is 0.573 e. The van der Waals surface area contributed by atoms with E-state index in [2.05, 4.69) is 31.0 Å². The van der Waals surface area contributed by atoms with Crippen LogP contribution < -0.4 is 26.0 Å². The third-order valence-corrected chi connectivity index (χ3v) is 11.9. The molecule has 334 valence electrons. The monoisotopic (exact) mass is 864 g/mol. The molecular weight excluding hydrogens is 810 g/mol. The van der Waals surface area contributed by atoms with E-state index in [-0.39, 0.29) is 47.5 Å². The molecule has 4 heterocycles. The maximum atomic E-state index is 14.0. The molecule has 15 nitrogen and oxygen atoms in total. The number of hydrogen-bond acceptors (Lipinski definition) is 8. The van der Waals surface area contributed by atoms with Crippen molar-refractivity contribution in [3.05, 3.63) is 54.4 Å². The number of carbonyl (C=O) groups is 4. The SMILES string of the molecule is C[C@H]1C[C@@H](c2nc3c(ccc4cc(-c5ccc(NC(=O)NCCNC6CCN(C(=O)C(C)(C)C)CC6)cc5OC(F)(F)F)ccc43)[nH]2)N(C(=O)[C@@H](NC(=O)O)C2CCOCC2)C1. The smallest absolute Gasteiger partial charge is 0.465 e. The number of carbonyl (C=O) groups excluding carboxylic acids is 3. The van der Waals surface area contributed by atoms with E-state index in [0.717, 1.165) is 24.3 Å². The Bertz CT molecular complexity index is 2280. The first-order valence-electron chi connectivity index (χ1n) is 21.2. The summed E-state index contributed by atoms with van der Waals surface area (Å²) in [6.07, 6.45) is -2.93. The molecule has 6 N–H and O–H groups in total. The lowest BCUT2D eigenvalue weighted by Crippen LogP contribution is -2.53. The molecule has 7 rings (SSSR count). The van der Waals surface area contributed by atoms with Crippen LogP contribution in [0.25, 0.3) is 32.9 Å². The Labute approximate surface area is 357 Å². The van der Waals surface area contributed by atoms with Crippen LogP contribution in [0.3, 0.4) is 0 Å². The summed E-state index contributed by atoms with van der Waals surface area (Å²) in [6, 6.07) is 11.2. The molecule has 0 spiro atoms. The van der Waals surface area contributed by atoms with Crippen LogP contribution in [0.2, 0.25) is 0 Å². The Balaban J connectivity index is 1.03. The maximum absolute atomic E-state index is 14.0. The van der Waals surface area contributed by atoms with Crippen molar-refractivity contribution in [2.24, 2.45) is 17.3 Å². The number of carboxylic acid groups (broad SMARTS) is 1. The summed E-state index contributed by atoms with van der Waals surface area (Å²) >= 11 is 0. The van der Waals surface area contributed by atoms with E-state index < -0.39 is 41.7 Å². The summed E-state index contributed by atoms with van der Waals surface area (Å²) in [5, 5.41) is 22.2. The number of hydrogen-bond donors (Lipinski definition) is 6. The van der Waals surface area contributed by atoms with Crippen LogP contribution >= 0.6 is 0 Å². The van der Waals surface area contributed by atoms with Crippen LogP contribution in [-0.4, -0.2) is 113 Å². The number of H-pyrrole nitrogens is 1. The average Bonchev–Trinajstić information content (AvgIpc) is 3.84. The minimum absolute atomic E-state index is 0.104. The van der Waals surface area contributed by atoms with Gasteiger partial charge < -0.3 is 50.6 Å².